The van der Waals surface area contributed by atoms with Crippen LogP contribution in [0.4, 0.5) is 0 Å². The molecule has 3 nitrogen and oxygen atoms in total. The fraction of sp³-hybridized carbons (Fsp3) is 0.385. The summed E-state index contributed by atoms with van der Waals surface area (Å²) in [5, 5.41) is 0. The number of hydrogen-bond donors (Lipinski definition) is 0. The molecule has 0 N–H and O–H groups in total. The van der Waals surface area contributed by atoms with Gasteiger partial charge in [-0.3, -0.25) is 0 Å². The standard InChI is InChI=1S/C13H18O3/c1-5-7-10-8-12(15-4)13(16-6-2)9-11(10)14-3/h5,7-9H,6H2,1-4H3/b7-5-. The van der Waals surface area contributed by atoms with E-state index in [2.05, 4.69) is 0 Å². The summed E-state index contributed by atoms with van der Waals surface area (Å²) in [4.78, 5) is 0. The molecule has 0 atom stereocenters. The van der Waals surface area contributed by atoms with Crippen molar-refractivity contribution in [1.82, 2.24) is 0 Å². The summed E-state index contributed by atoms with van der Waals surface area (Å²) < 4.78 is 16.0. The minimum absolute atomic E-state index is 0.600. The first kappa shape index (κ1) is 12.4. The predicted molar refractivity (Wildman–Crippen MR) is 65.4 cm³/mol. The molecule has 0 aromatic heterocycles. The molecule has 0 aliphatic heterocycles. The third-order valence-corrected chi connectivity index (χ3v) is 2.16. The fourth-order valence-corrected chi connectivity index (χ4v) is 1.47. The molecule has 3 heteroatoms. The van der Waals surface area contributed by atoms with E-state index in [9.17, 15) is 0 Å². The Bertz CT molecular complexity index is 370. The van der Waals surface area contributed by atoms with E-state index in [1.807, 2.05) is 38.1 Å². The number of hydrogen-bond acceptors (Lipinski definition) is 3. The van der Waals surface area contributed by atoms with Crippen molar-refractivity contribution in [2.45, 2.75) is 13.8 Å². The van der Waals surface area contributed by atoms with Gasteiger partial charge >= 0.3 is 0 Å². The quantitative estimate of drug-likeness (QED) is 0.766. The summed E-state index contributed by atoms with van der Waals surface area (Å²) in [5.41, 5.74) is 0.977. The van der Waals surface area contributed by atoms with Gasteiger partial charge in [0.2, 0.25) is 0 Å². The van der Waals surface area contributed by atoms with E-state index in [1.54, 1.807) is 14.2 Å². The Morgan fingerprint density at radius 2 is 1.75 bits per heavy atom. The zero-order valence-electron chi connectivity index (χ0n) is 10.2. The third kappa shape index (κ3) is 2.69. The first-order valence-electron chi connectivity index (χ1n) is 5.28. The van der Waals surface area contributed by atoms with Crippen LogP contribution in [0.2, 0.25) is 0 Å². The van der Waals surface area contributed by atoms with Gasteiger partial charge in [-0.2, -0.15) is 0 Å². The van der Waals surface area contributed by atoms with Crippen LogP contribution < -0.4 is 14.2 Å². The summed E-state index contributed by atoms with van der Waals surface area (Å²) in [6.45, 7) is 4.50. The van der Waals surface area contributed by atoms with Crippen molar-refractivity contribution in [2.24, 2.45) is 0 Å². The highest BCUT2D eigenvalue weighted by atomic mass is 16.5. The maximum absolute atomic E-state index is 5.47. The summed E-state index contributed by atoms with van der Waals surface area (Å²) in [6.07, 6.45) is 3.93. The Morgan fingerprint density at radius 3 is 2.25 bits per heavy atom. The summed E-state index contributed by atoms with van der Waals surface area (Å²) in [6, 6.07) is 3.75. The Morgan fingerprint density at radius 1 is 1.06 bits per heavy atom. The second-order valence-corrected chi connectivity index (χ2v) is 3.18. The van der Waals surface area contributed by atoms with Crippen LogP contribution >= 0.6 is 0 Å². The van der Waals surface area contributed by atoms with E-state index in [1.165, 1.54) is 0 Å². The lowest BCUT2D eigenvalue weighted by Gasteiger charge is -2.13. The van der Waals surface area contributed by atoms with E-state index in [0.717, 1.165) is 17.1 Å². The molecule has 0 unspecified atom stereocenters. The largest absolute Gasteiger partial charge is 0.496 e. The van der Waals surface area contributed by atoms with Gasteiger partial charge in [0.05, 0.1) is 20.8 Å². The van der Waals surface area contributed by atoms with Crippen LogP contribution in [0.1, 0.15) is 19.4 Å². The molecule has 0 amide bonds. The maximum atomic E-state index is 5.47. The third-order valence-electron chi connectivity index (χ3n) is 2.16. The average Bonchev–Trinajstić information content (AvgIpc) is 2.31. The molecule has 0 saturated carbocycles. The van der Waals surface area contributed by atoms with E-state index in [4.69, 9.17) is 14.2 Å². The van der Waals surface area contributed by atoms with Crippen molar-refractivity contribution in [2.75, 3.05) is 20.8 Å². The van der Waals surface area contributed by atoms with Crippen LogP contribution in [0.3, 0.4) is 0 Å². The number of methoxy groups -OCH3 is 2. The van der Waals surface area contributed by atoms with Gasteiger partial charge < -0.3 is 14.2 Å². The highest BCUT2D eigenvalue weighted by Gasteiger charge is 2.09. The van der Waals surface area contributed by atoms with Crippen LogP contribution in [-0.2, 0) is 0 Å². The van der Waals surface area contributed by atoms with Gasteiger partial charge in [0.15, 0.2) is 11.5 Å². The molecule has 0 heterocycles. The molecule has 0 aliphatic rings. The van der Waals surface area contributed by atoms with Crippen LogP contribution in [0.5, 0.6) is 17.2 Å². The summed E-state index contributed by atoms with van der Waals surface area (Å²) in [7, 11) is 3.27. The molecule has 1 aromatic carbocycles. The van der Waals surface area contributed by atoms with Crippen LogP contribution in [0.25, 0.3) is 6.08 Å². The maximum Gasteiger partial charge on any atom is 0.164 e. The Balaban J connectivity index is 3.22. The first-order valence-corrected chi connectivity index (χ1v) is 5.28. The second-order valence-electron chi connectivity index (χ2n) is 3.18. The topological polar surface area (TPSA) is 27.7 Å². The van der Waals surface area contributed by atoms with Gasteiger partial charge in [0, 0.05) is 11.6 Å². The predicted octanol–water partition coefficient (Wildman–Crippen LogP) is 3.14. The van der Waals surface area contributed by atoms with Crippen LogP contribution in [0, 0.1) is 0 Å². The summed E-state index contributed by atoms with van der Waals surface area (Å²) >= 11 is 0. The molecule has 0 fully saturated rings. The lowest BCUT2D eigenvalue weighted by Crippen LogP contribution is -1.97. The van der Waals surface area contributed by atoms with Gasteiger partial charge in [0.1, 0.15) is 5.75 Å². The zero-order chi connectivity index (χ0) is 12.0. The van der Waals surface area contributed by atoms with Gasteiger partial charge in [-0.25, -0.2) is 0 Å². The van der Waals surface area contributed by atoms with E-state index < -0.39 is 0 Å². The highest BCUT2D eigenvalue weighted by molar-refractivity contribution is 5.63. The molecular formula is C13H18O3. The fourth-order valence-electron chi connectivity index (χ4n) is 1.47. The molecule has 88 valence electrons. The Hall–Kier alpha value is -1.64. The van der Waals surface area contributed by atoms with Crippen LogP contribution in [-0.4, -0.2) is 20.8 Å². The normalized spacial score (nSPS) is 10.5. The molecular weight excluding hydrogens is 204 g/mol. The number of allylic oxidation sites excluding steroid dienone is 1. The molecule has 0 aliphatic carbocycles. The molecule has 1 rings (SSSR count). The average molecular weight is 222 g/mol. The van der Waals surface area contributed by atoms with Gasteiger partial charge in [-0.1, -0.05) is 12.2 Å². The molecule has 1 aromatic rings. The minimum Gasteiger partial charge on any atom is -0.496 e. The van der Waals surface area contributed by atoms with Gasteiger partial charge in [-0.15, -0.1) is 0 Å². The van der Waals surface area contributed by atoms with Crippen molar-refractivity contribution in [3.8, 4) is 17.2 Å². The van der Waals surface area contributed by atoms with Crippen molar-refractivity contribution >= 4 is 6.08 Å². The van der Waals surface area contributed by atoms with Crippen molar-refractivity contribution in [1.29, 1.82) is 0 Å². The first-order chi connectivity index (χ1) is 7.76. The van der Waals surface area contributed by atoms with Gasteiger partial charge in [-0.05, 0) is 19.9 Å². The van der Waals surface area contributed by atoms with E-state index in [0.29, 0.717) is 12.4 Å². The molecule has 0 radical (unpaired) electrons. The Kier molecular flexibility index (Phi) is 4.70. The van der Waals surface area contributed by atoms with Crippen molar-refractivity contribution in [3.63, 3.8) is 0 Å². The minimum atomic E-state index is 0.600. The highest BCUT2D eigenvalue weighted by Crippen LogP contribution is 2.35. The molecule has 0 spiro atoms. The van der Waals surface area contributed by atoms with Gasteiger partial charge in [0.25, 0.3) is 0 Å². The lowest BCUT2D eigenvalue weighted by molar-refractivity contribution is 0.307. The molecule has 0 bridgehead atoms. The molecule has 0 saturated heterocycles. The monoisotopic (exact) mass is 222 g/mol. The van der Waals surface area contributed by atoms with Crippen molar-refractivity contribution in [3.05, 3.63) is 23.8 Å². The summed E-state index contributed by atoms with van der Waals surface area (Å²) in [5.74, 6) is 2.20. The van der Waals surface area contributed by atoms with Crippen molar-refractivity contribution < 1.29 is 14.2 Å². The Labute approximate surface area is 96.6 Å². The van der Waals surface area contributed by atoms with E-state index >= 15 is 0 Å². The van der Waals surface area contributed by atoms with E-state index in [-0.39, 0.29) is 0 Å². The number of ether oxygens (including phenoxy) is 3. The SMILES string of the molecule is C/C=C\c1cc(OC)c(OCC)cc1OC. The molecule has 16 heavy (non-hydrogen) atoms. The van der Waals surface area contributed by atoms with Crippen LogP contribution in [0.15, 0.2) is 18.2 Å². The lowest BCUT2D eigenvalue weighted by atomic mass is 10.1. The number of benzene rings is 1. The smallest absolute Gasteiger partial charge is 0.164 e. The number of rotatable bonds is 5. The second kappa shape index (κ2) is 6.05. The zero-order valence-corrected chi connectivity index (χ0v) is 10.2.